The minimum Gasteiger partial charge on any atom is -0.496 e. The molecule has 3 nitrogen and oxygen atoms in total. The van der Waals surface area contributed by atoms with Crippen LogP contribution >= 0.6 is 0 Å². The molecule has 0 aliphatic heterocycles. The number of aliphatic hydroxyl groups is 1. The summed E-state index contributed by atoms with van der Waals surface area (Å²) in [4.78, 5) is 0. The summed E-state index contributed by atoms with van der Waals surface area (Å²) in [6.07, 6.45) is 2.23. The van der Waals surface area contributed by atoms with Crippen molar-refractivity contribution in [2.24, 2.45) is 0 Å². The largest absolute Gasteiger partial charge is 0.496 e. The van der Waals surface area contributed by atoms with E-state index in [0.29, 0.717) is 6.04 Å². The quantitative estimate of drug-likeness (QED) is 0.901. The first-order valence-corrected chi connectivity index (χ1v) is 7.35. The highest BCUT2D eigenvalue weighted by Gasteiger charge is 2.22. The Hall–Kier alpha value is -2.00. The van der Waals surface area contributed by atoms with Gasteiger partial charge in [0.15, 0.2) is 0 Å². The second-order valence-electron chi connectivity index (χ2n) is 5.62. The van der Waals surface area contributed by atoms with E-state index < -0.39 is 0 Å². The lowest BCUT2D eigenvalue weighted by atomic mass is 10.0. The Kier molecular flexibility index (Phi) is 3.84. The Morgan fingerprint density at radius 3 is 2.86 bits per heavy atom. The van der Waals surface area contributed by atoms with Gasteiger partial charge in [-0.2, -0.15) is 0 Å². The molecule has 0 heterocycles. The summed E-state index contributed by atoms with van der Waals surface area (Å²) in [6, 6.07) is 12.9. The molecule has 0 aromatic heterocycles. The van der Waals surface area contributed by atoms with E-state index in [2.05, 4.69) is 30.4 Å². The molecule has 0 saturated carbocycles. The summed E-state index contributed by atoms with van der Waals surface area (Å²) >= 11 is 0. The standard InChI is InChI=1S/C18H21NO2/c1-12-3-4-13-5-7-17(16(13)9-12)19-15-6-8-18(21-2)14(10-15)11-20/h3-4,6,8-10,17,19-20H,5,7,11H2,1-2H3. The minimum atomic E-state index is -0.0148. The van der Waals surface area contributed by atoms with Crippen molar-refractivity contribution in [1.29, 1.82) is 0 Å². The smallest absolute Gasteiger partial charge is 0.124 e. The Morgan fingerprint density at radius 1 is 1.24 bits per heavy atom. The second kappa shape index (κ2) is 5.78. The van der Waals surface area contributed by atoms with Gasteiger partial charge in [0.2, 0.25) is 0 Å². The fourth-order valence-electron chi connectivity index (χ4n) is 3.06. The predicted molar refractivity (Wildman–Crippen MR) is 84.8 cm³/mol. The molecular formula is C18H21NO2. The van der Waals surface area contributed by atoms with Gasteiger partial charge in [-0.3, -0.25) is 0 Å². The molecule has 1 atom stereocenters. The van der Waals surface area contributed by atoms with Gasteiger partial charge in [0.25, 0.3) is 0 Å². The van der Waals surface area contributed by atoms with Gasteiger partial charge >= 0.3 is 0 Å². The number of methoxy groups -OCH3 is 1. The first-order valence-electron chi connectivity index (χ1n) is 7.35. The lowest BCUT2D eigenvalue weighted by Gasteiger charge is -2.17. The Morgan fingerprint density at radius 2 is 2.10 bits per heavy atom. The molecule has 2 aromatic rings. The van der Waals surface area contributed by atoms with Crippen molar-refractivity contribution in [3.8, 4) is 5.75 Å². The average molecular weight is 283 g/mol. The van der Waals surface area contributed by atoms with Crippen LogP contribution in [-0.4, -0.2) is 12.2 Å². The second-order valence-corrected chi connectivity index (χ2v) is 5.62. The lowest BCUT2D eigenvalue weighted by molar-refractivity contribution is 0.274. The van der Waals surface area contributed by atoms with Crippen LogP contribution in [0.15, 0.2) is 36.4 Å². The monoisotopic (exact) mass is 283 g/mol. The Balaban J connectivity index is 1.84. The molecule has 1 aliphatic carbocycles. The number of nitrogens with one attached hydrogen (secondary N) is 1. The number of benzene rings is 2. The van der Waals surface area contributed by atoms with Crippen molar-refractivity contribution < 1.29 is 9.84 Å². The molecule has 0 radical (unpaired) electrons. The van der Waals surface area contributed by atoms with Crippen LogP contribution < -0.4 is 10.1 Å². The first kappa shape index (κ1) is 14.0. The van der Waals surface area contributed by atoms with Crippen molar-refractivity contribution in [1.82, 2.24) is 0 Å². The number of fused-ring (bicyclic) bond motifs is 1. The molecule has 0 fully saturated rings. The van der Waals surface area contributed by atoms with Crippen molar-refractivity contribution in [3.63, 3.8) is 0 Å². The van der Waals surface area contributed by atoms with Crippen molar-refractivity contribution in [2.75, 3.05) is 12.4 Å². The highest BCUT2D eigenvalue weighted by molar-refractivity contribution is 5.54. The number of hydrogen-bond donors (Lipinski definition) is 2. The van der Waals surface area contributed by atoms with E-state index in [1.165, 1.54) is 16.7 Å². The number of aliphatic hydroxyl groups excluding tert-OH is 1. The number of anilines is 1. The number of aryl methyl sites for hydroxylation is 2. The van der Waals surface area contributed by atoms with E-state index in [0.717, 1.165) is 29.8 Å². The highest BCUT2D eigenvalue weighted by Crippen LogP contribution is 2.35. The summed E-state index contributed by atoms with van der Waals surface area (Å²) in [7, 11) is 1.62. The van der Waals surface area contributed by atoms with Crippen LogP contribution in [0.3, 0.4) is 0 Å². The van der Waals surface area contributed by atoms with Gasteiger partial charge in [-0.1, -0.05) is 23.8 Å². The highest BCUT2D eigenvalue weighted by atomic mass is 16.5. The molecule has 21 heavy (non-hydrogen) atoms. The number of rotatable bonds is 4. The zero-order chi connectivity index (χ0) is 14.8. The fourth-order valence-corrected chi connectivity index (χ4v) is 3.06. The van der Waals surface area contributed by atoms with Crippen LogP contribution in [-0.2, 0) is 13.0 Å². The van der Waals surface area contributed by atoms with Gasteiger partial charge in [-0.25, -0.2) is 0 Å². The van der Waals surface area contributed by atoms with Crippen LogP contribution in [0.25, 0.3) is 0 Å². The van der Waals surface area contributed by atoms with Crippen molar-refractivity contribution >= 4 is 5.69 Å². The van der Waals surface area contributed by atoms with Crippen LogP contribution in [0.1, 0.15) is 34.7 Å². The Labute approximate surface area is 125 Å². The molecule has 2 aromatic carbocycles. The van der Waals surface area contributed by atoms with Gasteiger partial charge < -0.3 is 15.2 Å². The van der Waals surface area contributed by atoms with Crippen LogP contribution in [0, 0.1) is 6.92 Å². The summed E-state index contributed by atoms with van der Waals surface area (Å²) in [6.45, 7) is 2.12. The third kappa shape index (κ3) is 2.74. The maximum absolute atomic E-state index is 9.42. The molecule has 1 unspecified atom stereocenters. The van der Waals surface area contributed by atoms with Gasteiger partial charge in [0, 0.05) is 11.3 Å². The molecule has 1 aliphatic rings. The molecule has 0 bridgehead atoms. The fraction of sp³-hybridized carbons (Fsp3) is 0.333. The maximum atomic E-state index is 9.42. The van der Waals surface area contributed by atoms with Crippen LogP contribution in [0.2, 0.25) is 0 Å². The molecular weight excluding hydrogens is 262 g/mol. The number of ether oxygens (including phenoxy) is 1. The van der Waals surface area contributed by atoms with E-state index in [-0.39, 0.29) is 6.61 Å². The normalized spacial score (nSPS) is 16.6. The van der Waals surface area contributed by atoms with Gasteiger partial charge in [-0.05, 0) is 49.1 Å². The third-order valence-electron chi connectivity index (χ3n) is 4.17. The van der Waals surface area contributed by atoms with E-state index in [1.54, 1.807) is 7.11 Å². The molecule has 0 saturated heterocycles. The van der Waals surface area contributed by atoms with E-state index in [4.69, 9.17) is 4.74 Å². The van der Waals surface area contributed by atoms with E-state index >= 15 is 0 Å². The van der Waals surface area contributed by atoms with Gasteiger partial charge in [0.05, 0.1) is 19.8 Å². The summed E-state index contributed by atoms with van der Waals surface area (Å²) < 4.78 is 5.25. The molecule has 2 N–H and O–H groups in total. The van der Waals surface area contributed by atoms with Crippen molar-refractivity contribution in [2.45, 2.75) is 32.4 Å². The zero-order valence-corrected chi connectivity index (χ0v) is 12.5. The van der Waals surface area contributed by atoms with E-state index in [1.807, 2.05) is 18.2 Å². The van der Waals surface area contributed by atoms with Gasteiger partial charge in [-0.15, -0.1) is 0 Å². The molecule has 0 spiro atoms. The molecule has 3 rings (SSSR count). The maximum Gasteiger partial charge on any atom is 0.124 e. The van der Waals surface area contributed by atoms with Crippen LogP contribution in [0.4, 0.5) is 5.69 Å². The first-order chi connectivity index (χ1) is 10.2. The molecule has 3 heteroatoms. The van der Waals surface area contributed by atoms with Crippen LogP contribution in [0.5, 0.6) is 5.75 Å². The third-order valence-corrected chi connectivity index (χ3v) is 4.17. The summed E-state index contributed by atoms with van der Waals surface area (Å²) in [5.74, 6) is 0.728. The average Bonchev–Trinajstić information content (AvgIpc) is 2.89. The molecule has 0 amide bonds. The lowest BCUT2D eigenvalue weighted by Crippen LogP contribution is -2.07. The SMILES string of the molecule is COc1ccc(NC2CCc3ccc(C)cc32)cc1CO. The number of hydrogen-bond acceptors (Lipinski definition) is 3. The Bertz CT molecular complexity index is 652. The summed E-state index contributed by atoms with van der Waals surface area (Å²) in [5.41, 5.74) is 5.97. The predicted octanol–water partition coefficient (Wildman–Crippen LogP) is 3.60. The minimum absolute atomic E-state index is 0.0148. The molecule has 110 valence electrons. The summed E-state index contributed by atoms with van der Waals surface area (Å²) in [5, 5.41) is 13.0. The topological polar surface area (TPSA) is 41.5 Å². The van der Waals surface area contributed by atoms with Gasteiger partial charge in [0.1, 0.15) is 5.75 Å². The zero-order valence-electron chi connectivity index (χ0n) is 12.5. The van der Waals surface area contributed by atoms with Crippen molar-refractivity contribution in [3.05, 3.63) is 58.7 Å². The van der Waals surface area contributed by atoms with E-state index in [9.17, 15) is 5.11 Å².